The molecule has 3 aliphatic rings. The number of nitrogens with one attached hydrogen (secondary N) is 1. The van der Waals surface area contributed by atoms with Crippen LogP contribution in [0.3, 0.4) is 0 Å². The number of tetrazole rings is 1. The molecule has 11 nitrogen and oxygen atoms in total. The average Bonchev–Trinajstić information content (AvgIpc) is 3.76. The van der Waals surface area contributed by atoms with Crippen molar-refractivity contribution in [1.82, 2.24) is 30.0 Å². The molecule has 1 aliphatic carbocycles. The number of fused-ring (bicyclic) bond motifs is 2. The highest BCUT2D eigenvalue weighted by molar-refractivity contribution is 5.90. The number of carbonyl (C=O) groups excluding carboxylic acids is 2. The van der Waals surface area contributed by atoms with Crippen molar-refractivity contribution in [3.8, 4) is 28.3 Å². The normalized spacial score (nSPS) is 18.0. The molecular formula is C37H38N6O5. The van der Waals surface area contributed by atoms with Crippen LogP contribution >= 0.6 is 0 Å². The first-order valence-electron chi connectivity index (χ1n) is 16.7. The molecule has 246 valence electrons. The lowest BCUT2D eigenvalue weighted by atomic mass is 9.77. The first-order valence-corrected chi connectivity index (χ1v) is 16.7. The van der Waals surface area contributed by atoms with Crippen molar-refractivity contribution in [1.29, 1.82) is 0 Å². The number of H-pyrrole nitrogens is 1. The predicted octanol–water partition coefficient (Wildman–Crippen LogP) is 6.04. The molecule has 3 aromatic carbocycles. The second-order valence-corrected chi connectivity index (χ2v) is 12.5. The van der Waals surface area contributed by atoms with Gasteiger partial charge in [0.1, 0.15) is 5.75 Å². The van der Waals surface area contributed by atoms with Crippen LogP contribution in [0, 0.1) is 0 Å². The number of aromatic amines is 1. The Balaban J connectivity index is 1.22. The van der Waals surface area contributed by atoms with E-state index in [9.17, 15) is 14.4 Å². The molecule has 2 aromatic heterocycles. The molecule has 1 N–H and O–H groups in total. The standard InChI is InChI=1S/C37H38N6O5/c1-3-5-13-32-31(22-24-14-16-25(17-15-24)29-11-6-7-12-30(29)33-38-40-41-39-33)34(44)42-27-18-20-37(21-19-27,43(32)42)36(46)48-28-10-8-9-26(23-28)35(45)47-4-2/h6-12,14-17,23,27H,3-5,13,18-22H2,1-2H3,(H,38,39,40,41). The lowest BCUT2D eigenvalue weighted by Crippen LogP contribution is -2.56. The van der Waals surface area contributed by atoms with Crippen molar-refractivity contribution in [2.24, 2.45) is 0 Å². The first kappa shape index (κ1) is 31.3. The summed E-state index contributed by atoms with van der Waals surface area (Å²) in [7, 11) is 0. The Kier molecular flexibility index (Phi) is 8.51. The molecule has 8 rings (SSSR count). The van der Waals surface area contributed by atoms with Crippen LogP contribution in [0.1, 0.15) is 85.6 Å². The van der Waals surface area contributed by atoms with Gasteiger partial charge in [-0.15, -0.1) is 10.2 Å². The summed E-state index contributed by atoms with van der Waals surface area (Å²) in [6, 6.07) is 22.7. The summed E-state index contributed by atoms with van der Waals surface area (Å²) in [4.78, 5) is 40.8. The smallest absolute Gasteiger partial charge is 0.339 e. The van der Waals surface area contributed by atoms with Crippen molar-refractivity contribution >= 4 is 11.9 Å². The topological polar surface area (TPSA) is 134 Å². The first-order chi connectivity index (χ1) is 23.4. The van der Waals surface area contributed by atoms with Crippen molar-refractivity contribution in [3.63, 3.8) is 0 Å². The highest BCUT2D eigenvalue weighted by atomic mass is 16.5. The van der Waals surface area contributed by atoms with E-state index in [0.717, 1.165) is 59.2 Å². The Morgan fingerprint density at radius 1 is 0.979 bits per heavy atom. The minimum Gasteiger partial charge on any atom is -0.462 e. The zero-order valence-corrected chi connectivity index (χ0v) is 27.1. The molecule has 48 heavy (non-hydrogen) atoms. The van der Waals surface area contributed by atoms with Crippen LogP contribution in [-0.4, -0.2) is 48.5 Å². The molecule has 0 atom stereocenters. The lowest BCUT2D eigenvalue weighted by molar-refractivity contribution is -0.152. The van der Waals surface area contributed by atoms with Crippen LogP contribution < -0.4 is 10.3 Å². The molecule has 0 saturated heterocycles. The van der Waals surface area contributed by atoms with Gasteiger partial charge in [-0.25, -0.2) is 14.3 Å². The van der Waals surface area contributed by atoms with Gasteiger partial charge < -0.3 is 9.47 Å². The summed E-state index contributed by atoms with van der Waals surface area (Å²) in [5.74, 6) is -0.0672. The van der Waals surface area contributed by atoms with E-state index in [1.165, 1.54) is 6.07 Å². The second kappa shape index (κ2) is 13.1. The van der Waals surface area contributed by atoms with E-state index in [2.05, 4.69) is 51.8 Å². The Labute approximate surface area is 277 Å². The zero-order valence-electron chi connectivity index (χ0n) is 27.1. The van der Waals surface area contributed by atoms with Gasteiger partial charge in [0.05, 0.1) is 18.2 Å². The summed E-state index contributed by atoms with van der Waals surface area (Å²) < 4.78 is 15.0. The summed E-state index contributed by atoms with van der Waals surface area (Å²) in [5, 5.41) is 14.6. The Bertz CT molecular complexity index is 2000. The van der Waals surface area contributed by atoms with Crippen LogP contribution in [0.25, 0.3) is 22.5 Å². The van der Waals surface area contributed by atoms with Gasteiger partial charge in [0, 0.05) is 23.2 Å². The van der Waals surface area contributed by atoms with Gasteiger partial charge in [-0.3, -0.25) is 9.48 Å². The van der Waals surface area contributed by atoms with Crippen LogP contribution in [0.5, 0.6) is 5.75 Å². The number of benzene rings is 3. The molecule has 1 fully saturated rings. The van der Waals surface area contributed by atoms with Gasteiger partial charge >= 0.3 is 11.9 Å². The number of nitrogens with zero attached hydrogens (tertiary/aromatic N) is 5. The number of hydrogen-bond donors (Lipinski definition) is 1. The largest absolute Gasteiger partial charge is 0.462 e. The second-order valence-electron chi connectivity index (χ2n) is 12.5. The Morgan fingerprint density at radius 2 is 1.75 bits per heavy atom. The third-order valence-corrected chi connectivity index (χ3v) is 9.68. The van der Waals surface area contributed by atoms with Gasteiger partial charge in [0.15, 0.2) is 5.54 Å². The van der Waals surface area contributed by atoms with Crippen molar-refractivity contribution in [2.45, 2.75) is 76.8 Å². The summed E-state index contributed by atoms with van der Waals surface area (Å²) >= 11 is 0. The van der Waals surface area contributed by atoms with Crippen molar-refractivity contribution < 1.29 is 19.1 Å². The van der Waals surface area contributed by atoms with Gasteiger partial charge in [-0.05, 0) is 85.6 Å². The highest BCUT2D eigenvalue weighted by Gasteiger charge is 2.53. The molecule has 11 heteroatoms. The highest BCUT2D eigenvalue weighted by Crippen LogP contribution is 2.47. The Hall–Kier alpha value is -5.32. The maximum Gasteiger partial charge on any atom is 0.339 e. The average molecular weight is 647 g/mol. The molecule has 5 aromatic rings. The number of rotatable bonds is 11. The van der Waals surface area contributed by atoms with E-state index in [1.807, 2.05) is 33.6 Å². The van der Waals surface area contributed by atoms with E-state index >= 15 is 0 Å². The van der Waals surface area contributed by atoms with Gasteiger partial charge in [0.2, 0.25) is 5.82 Å². The van der Waals surface area contributed by atoms with Crippen LogP contribution in [0.15, 0.2) is 77.6 Å². The minimum atomic E-state index is -1.00. The third kappa shape index (κ3) is 5.52. The minimum absolute atomic E-state index is 0.0292. The molecule has 2 bridgehead atoms. The predicted molar refractivity (Wildman–Crippen MR) is 179 cm³/mol. The van der Waals surface area contributed by atoms with E-state index in [0.29, 0.717) is 37.1 Å². The van der Waals surface area contributed by atoms with Crippen LogP contribution in [-0.2, 0) is 27.9 Å². The number of ether oxygens (including phenoxy) is 2. The van der Waals surface area contributed by atoms with E-state index in [4.69, 9.17) is 9.47 Å². The Morgan fingerprint density at radius 3 is 2.46 bits per heavy atom. The van der Waals surface area contributed by atoms with Gasteiger partial charge in [-0.1, -0.05) is 67.9 Å². The molecule has 1 saturated carbocycles. The van der Waals surface area contributed by atoms with Crippen molar-refractivity contribution in [2.75, 3.05) is 6.61 Å². The number of unbranched alkanes of at least 4 members (excludes halogenated alkanes) is 1. The molecule has 0 radical (unpaired) electrons. The summed E-state index contributed by atoms with van der Waals surface area (Å²) in [6.07, 6.45) is 5.62. The fraction of sp³-hybridized carbons (Fsp3) is 0.351. The SMILES string of the molecule is CCCCc1c(Cc2ccc(-c3ccccc3-c3nn[nH]n3)cc2)c(=O)n2n1C1(C(=O)Oc3cccc(C(=O)OCC)c3)CCC2CC1. The molecule has 2 aliphatic heterocycles. The number of carbonyl (C=O) groups is 2. The summed E-state index contributed by atoms with van der Waals surface area (Å²) in [5.41, 5.74) is 4.81. The van der Waals surface area contributed by atoms with Gasteiger partial charge in [0.25, 0.3) is 5.56 Å². The van der Waals surface area contributed by atoms with Crippen LogP contribution in [0.4, 0.5) is 0 Å². The molecular weight excluding hydrogens is 608 g/mol. The van der Waals surface area contributed by atoms with Crippen LogP contribution in [0.2, 0.25) is 0 Å². The fourth-order valence-electron chi connectivity index (χ4n) is 7.32. The molecule has 0 amide bonds. The van der Waals surface area contributed by atoms with E-state index in [1.54, 1.807) is 25.1 Å². The number of esters is 2. The molecule has 0 spiro atoms. The number of hydrogen-bond acceptors (Lipinski definition) is 8. The van der Waals surface area contributed by atoms with E-state index in [-0.39, 0.29) is 24.0 Å². The summed E-state index contributed by atoms with van der Waals surface area (Å²) in [6.45, 7) is 4.12. The quantitative estimate of drug-likeness (QED) is 0.136. The monoisotopic (exact) mass is 646 g/mol. The van der Waals surface area contributed by atoms with Crippen molar-refractivity contribution in [3.05, 3.63) is 106 Å². The maximum absolute atomic E-state index is 14.3. The van der Waals surface area contributed by atoms with E-state index < -0.39 is 17.5 Å². The molecule has 4 heterocycles. The lowest BCUT2D eigenvalue weighted by Gasteiger charge is -2.47. The zero-order chi connectivity index (χ0) is 33.3. The maximum atomic E-state index is 14.3. The van der Waals surface area contributed by atoms with Gasteiger partial charge in [-0.2, -0.15) is 5.21 Å². The fourth-order valence-corrected chi connectivity index (χ4v) is 7.32. The number of aromatic nitrogens is 6. The molecule has 0 unspecified atom stereocenters. The third-order valence-electron chi connectivity index (χ3n) is 9.68.